The zero-order chi connectivity index (χ0) is 26.5. The van der Waals surface area contributed by atoms with Crippen molar-refractivity contribution in [1.82, 2.24) is 14.9 Å². The first-order chi connectivity index (χ1) is 18.3. The smallest absolute Gasteiger partial charge is 0.393 e. The molecule has 1 aromatic heterocycles. The van der Waals surface area contributed by atoms with Gasteiger partial charge in [-0.1, -0.05) is 25.3 Å². The Labute approximate surface area is 223 Å². The van der Waals surface area contributed by atoms with Gasteiger partial charge < -0.3 is 20.6 Å². The zero-order valence-corrected chi connectivity index (χ0v) is 22.0. The highest BCUT2D eigenvalue weighted by atomic mass is 19.4. The topological polar surface area (TPSA) is 73.3 Å². The third kappa shape index (κ3) is 7.17. The first-order valence-corrected chi connectivity index (χ1v) is 14.3. The van der Waals surface area contributed by atoms with Crippen LogP contribution in [-0.2, 0) is 6.18 Å². The van der Waals surface area contributed by atoms with Crippen LogP contribution in [0.1, 0.15) is 87.7 Å². The molecule has 0 spiro atoms. The van der Waals surface area contributed by atoms with Crippen molar-refractivity contribution in [3.05, 3.63) is 41.6 Å². The number of piperidine rings is 1. The number of nitrogens with zero attached hydrogens (tertiary/aromatic N) is 3. The summed E-state index contributed by atoms with van der Waals surface area (Å²) in [6, 6.07) is 5.31. The Balaban J connectivity index is 1.30. The largest absolute Gasteiger partial charge is 0.416 e. The average Bonchev–Trinajstić information content (AvgIpc) is 2.91. The van der Waals surface area contributed by atoms with E-state index in [2.05, 4.69) is 20.5 Å². The molecule has 1 aromatic carbocycles. The molecule has 3 aliphatic rings. The number of anilines is 3. The zero-order valence-electron chi connectivity index (χ0n) is 22.0. The number of hydrogen-bond acceptors (Lipinski definition) is 6. The lowest BCUT2D eigenvalue weighted by Crippen LogP contribution is -2.37. The summed E-state index contributed by atoms with van der Waals surface area (Å²) < 4.78 is 39.6. The Kier molecular flexibility index (Phi) is 8.73. The van der Waals surface area contributed by atoms with E-state index in [0.29, 0.717) is 11.6 Å². The van der Waals surface area contributed by atoms with Crippen LogP contribution >= 0.6 is 0 Å². The summed E-state index contributed by atoms with van der Waals surface area (Å²) in [5.41, 5.74) is 0.677. The van der Waals surface area contributed by atoms with Gasteiger partial charge in [0.1, 0.15) is 5.82 Å². The van der Waals surface area contributed by atoms with Crippen molar-refractivity contribution in [2.24, 2.45) is 5.92 Å². The van der Waals surface area contributed by atoms with E-state index in [-0.39, 0.29) is 18.1 Å². The quantitative estimate of drug-likeness (QED) is 0.369. The number of halogens is 3. The fourth-order valence-electron chi connectivity index (χ4n) is 6.34. The van der Waals surface area contributed by atoms with Crippen LogP contribution < -0.4 is 10.6 Å². The van der Waals surface area contributed by atoms with Crippen molar-refractivity contribution in [3.8, 4) is 0 Å². The van der Waals surface area contributed by atoms with Crippen molar-refractivity contribution in [2.45, 2.75) is 94.9 Å². The first-order valence-electron chi connectivity index (χ1n) is 14.3. The van der Waals surface area contributed by atoms with Gasteiger partial charge in [-0.05, 0) is 94.5 Å². The second kappa shape index (κ2) is 12.2. The number of alkyl halides is 3. The molecule has 2 aromatic rings. The summed E-state index contributed by atoms with van der Waals surface area (Å²) in [4.78, 5) is 11.9. The molecule has 0 unspecified atom stereocenters. The number of rotatable bonds is 7. The number of likely N-dealkylation sites (tertiary alicyclic amines) is 1. The first kappa shape index (κ1) is 27.2. The molecule has 1 saturated heterocycles. The summed E-state index contributed by atoms with van der Waals surface area (Å²) in [6.07, 6.45) is 9.37. The number of aliphatic hydroxyl groups is 1. The predicted octanol–water partition coefficient (Wildman–Crippen LogP) is 6.71. The van der Waals surface area contributed by atoms with Crippen molar-refractivity contribution < 1.29 is 18.3 Å². The number of hydrogen-bond donors (Lipinski definition) is 3. The maximum Gasteiger partial charge on any atom is 0.416 e. The average molecular weight is 532 g/mol. The minimum absolute atomic E-state index is 0.208. The minimum atomic E-state index is -4.41. The number of benzene rings is 1. The van der Waals surface area contributed by atoms with E-state index in [0.717, 1.165) is 81.0 Å². The number of nitrogens with one attached hydrogen (secondary N) is 2. The summed E-state index contributed by atoms with van der Waals surface area (Å²) in [5, 5.41) is 16.5. The van der Waals surface area contributed by atoms with Crippen LogP contribution in [0, 0.1) is 5.92 Å². The van der Waals surface area contributed by atoms with Crippen LogP contribution in [0.3, 0.4) is 0 Å². The molecule has 5 rings (SSSR count). The highest BCUT2D eigenvalue weighted by Crippen LogP contribution is 2.36. The standard InChI is InChI=1S/C29H40F3N5O/c30-29(31,32)22-7-4-8-24(17-22)35-28-33-18-26(27(36-28)34-23-9-11-25(38)12-10-23)21-13-15-37(16-14-21)19-20-5-2-1-3-6-20/h4,7-8,17-18,20-21,23,25,38H,1-3,5-6,9-16,19H2,(H2,33,34,35,36)/t23-,25-. The van der Waals surface area contributed by atoms with Crippen LogP contribution in [-0.4, -0.2) is 51.8 Å². The summed E-state index contributed by atoms with van der Waals surface area (Å²) in [5.74, 6) is 2.23. The predicted molar refractivity (Wildman–Crippen MR) is 144 cm³/mol. The number of aliphatic hydroxyl groups excluding tert-OH is 1. The molecule has 38 heavy (non-hydrogen) atoms. The Morgan fingerprint density at radius 2 is 1.68 bits per heavy atom. The van der Waals surface area contributed by atoms with Crippen molar-refractivity contribution in [1.29, 1.82) is 0 Å². The lowest BCUT2D eigenvalue weighted by Gasteiger charge is -2.36. The van der Waals surface area contributed by atoms with Crippen LogP contribution in [0.15, 0.2) is 30.5 Å². The highest BCUT2D eigenvalue weighted by molar-refractivity contribution is 5.58. The molecule has 0 radical (unpaired) electrons. The van der Waals surface area contributed by atoms with Crippen LogP contribution in [0.25, 0.3) is 0 Å². The van der Waals surface area contributed by atoms with E-state index in [4.69, 9.17) is 4.98 Å². The Morgan fingerprint density at radius 3 is 2.39 bits per heavy atom. The molecule has 6 nitrogen and oxygen atoms in total. The van der Waals surface area contributed by atoms with Gasteiger partial charge in [0.05, 0.1) is 11.7 Å². The van der Waals surface area contributed by atoms with Crippen LogP contribution in [0.5, 0.6) is 0 Å². The van der Waals surface area contributed by atoms with Gasteiger partial charge >= 0.3 is 6.18 Å². The SMILES string of the molecule is O[C@H]1CC[C@H](Nc2nc(Nc3cccc(C(F)(F)F)c3)ncc2C2CCN(CC3CCCCC3)CC2)CC1. The van der Waals surface area contributed by atoms with Crippen LogP contribution in [0.4, 0.5) is 30.6 Å². The van der Waals surface area contributed by atoms with Crippen molar-refractivity contribution in [2.75, 3.05) is 30.3 Å². The molecular formula is C29H40F3N5O. The van der Waals surface area contributed by atoms with Gasteiger partial charge in [0, 0.05) is 30.0 Å². The molecule has 2 heterocycles. The molecular weight excluding hydrogens is 491 g/mol. The highest BCUT2D eigenvalue weighted by Gasteiger charge is 2.31. The second-order valence-corrected chi connectivity index (χ2v) is 11.4. The van der Waals surface area contributed by atoms with Gasteiger partial charge in [0.25, 0.3) is 0 Å². The summed E-state index contributed by atoms with van der Waals surface area (Å²) in [7, 11) is 0. The Hall–Kier alpha value is -2.39. The molecule has 2 saturated carbocycles. The van der Waals surface area contributed by atoms with Crippen molar-refractivity contribution >= 4 is 17.5 Å². The van der Waals surface area contributed by atoms with Crippen molar-refractivity contribution in [3.63, 3.8) is 0 Å². The van der Waals surface area contributed by atoms with E-state index in [1.165, 1.54) is 44.7 Å². The number of aromatic nitrogens is 2. The molecule has 1 aliphatic heterocycles. The van der Waals surface area contributed by atoms with E-state index in [9.17, 15) is 18.3 Å². The van der Waals surface area contributed by atoms with E-state index in [1.807, 2.05) is 6.20 Å². The van der Waals surface area contributed by atoms with Gasteiger partial charge in [-0.3, -0.25) is 0 Å². The lowest BCUT2D eigenvalue weighted by atomic mass is 9.86. The molecule has 0 atom stereocenters. The second-order valence-electron chi connectivity index (χ2n) is 11.4. The molecule has 208 valence electrons. The summed E-state index contributed by atoms with van der Waals surface area (Å²) in [6.45, 7) is 3.35. The third-order valence-electron chi connectivity index (χ3n) is 8.57. The van der Waals surface area contributed by atoms with Gasteiger partial charge in [-0.15, -0.1) is 0 Å². The fraction of sp³-hybridized carbons (Fsp3) is 0.655. The maximum absolute atomic E-state index is 13.2. The molecule has 0 bridgehead atoms. The van der Waals surface area contributed by atoms with E-state index in [1.54, 1.807) is 6.07 Å². The van der Waals surface area contributed by atoms with Gasteiger partial charge in [0.2, 0.25) is 5.95 Å². The fourth-order valence-corrected chi connectivity index (χ4v) is 6.34. The van der Waals surface area contributed by atoms with E-state index >= 15 is 0 Å². The summed E-state index contributed by atoms with van der Waals surface area (Å²) >= 11 is 0. The van der Waals surface area contributed by atoms with E-state index < -0.39 is 11.7 Å². The Bertz CT molecular complexity index is 1040. The lowest BCUT2D eigenvalue weighted by molar-refractivity contribution is -0.137. The van der Waals surface area contributed by atoms with Gasteiger partial charge in [-0.25, -0.2) is 4.98 Å². The maximum atomic E-state index is 13.2. The third-order valence-corrected chi connectivity index (χ3v) is 8.57. The molecule has 9 heteroatoms. The molecule has 3 fully saturated rings. The molecule has 0 amide bonds. The van der Waals surface area contributed by atoms with Gasteiger partial charge in [-0.2, -0.15) is 18.2 Å². The van der Waals surface area contributed by atoms with Gasteiger partial charge in [0.15, 0.2) is 0 Å². The molecule has 2 aliphatic carbocycles. The van der Waals surface area contributed by atoms with Crippen LogP contribution in [0.2, 0.25) is 0 Å². The normalized spacial score (nSPS) is 24.3. The Morgan fingerprint density at radius 1 is 0.947 bits per heavy atom. The minimum Gasteiger partial charge on any atom is -0.393 e. The monoisotopic (exact) mass is 531 g/mol. The molecule has 3 N–H and O–H groups in total.